The Balaban J connectivity index is 2.02. The second-order valence-corrected chi connectivity index (χ2v) is 9.39. The maximum absolute atomic E-state index is 12.9. The first-order valence-corrected chi connectivity index (χ1v) is 10.5. The number of nitrogens with one attached hydrogen (secondary N) is 1. The summed E-state index contributed by atoms with van der Waals surface area (Å²) < 4.78 is 18.7. The minimum atomic E-state index is -0.949. The maximum Gasteiger partial charge on any atom is 0.246 e. The number of hydrogen-bond donors (Lipinski definition) is 1. The smallest absolute Gasteiger partial charge is 0.246 e. The van der Waals surface area contributed by atoms with E-state index in [1.165, 1.54) is 0 Å². The van der Waals surface area contributed by atoms with Crippen molar-refractivity contribution in [3.05, 3.63) is 11.8 Å². The molecular weight excluding hydrogens is 366 g/mol. The van der Waals surface area contributed by atoms with Gasteiger partial charge < -0.3 is 4.52 Å². The molecule has 150 valence electrons. The molecule has 8 nitrogen and oxygen atoms in total. The fourth-order valence-electron chi connectivity index (χ4n) is 3.05. The highest BCUT2D eigenvalue weighted by Crippen LogP contribution is 2.27. The van der Waals surface area contributed by atoms with Gasteiger partial charge in [0.2, 0.25) is 11.8 Å². The third-order valence-electron chi connectivity index (χ3n) is 5.44. The van der Waals surface area contributed by atoms with Gasteiger partial charge >= 0.3 is 0 Å². The number of amides is 1. The van der Waals surface area contributed by atoms with E-state index in [4.69, 9.17) is 4.52 Å². The Morgan fingerprint density at radius 2 is 2.00 bits per heavy atom. The van der Waals surface area contributed by atoms with Crippen LogP contribution in [0.5, 0.6) is 0 Å². The molecule has 1 amide bonds. The molecule has 1 unspecified atom stereocenters. The number of likely N-dealkylation sites (N-methyl/N-ethyl adjacent to an activating group) is 1. The Bertz CT molecular complexity index is 744. The predicted molar refractivity (Wildman–Crippen MR) is 104 cm³/mol. The van der Waals surface area contributed by atoms with E-state index < -0.39 is 21.9 Å². The molecule has 1 fully saturated rings. The van der Waals surface area contributed by atoms with Crippen molar-refractivity contribution in [3.8, 4) is 6.07 Å². The average Bonchev–Trinajstić information content (AvgIpc) is 3.10. The van der Waals surface area contributed by atoms with Crippen LogP contribution in [0.4, 0.5) is 5.88 Å². The van der Waals surface area contributed by atoms with Crippen LogP contribution in [0.25, 0.3) is 0 Å². The minimum absolute atomic E-state index is 0.205. The number of nitrogens with zero attached hydrogens (tertiary/aromatic N) is 4. The van der Waals surface area contributed by atoms with Crippen LogP contribution in [0, 0.1) is 11.3 Å². The Morgan fingerprint density at radius 3 is 2.52 bits per heavy atom. The Kier molecular flexibility index (Phi) is 6.45. The average molecular weight is 396 g/mol. The molecule has 1 aliphatic heterocycles. The topological polar surface area (TPSA) is 102 Å². The number of carbonyl (C=O) groups is 1. The largest absolute Gasteiger partial charge is 0.338 e. The standard InChI is InChI=1S/C18H29N5O3S/c1-17(2,12-19)14-11-15(26-21-14)20-16(24)18(3,4)22(5)13-7-9-23(10-8-13)27(6)25/h11,13H,7-10H2,1-6H3,(H,20,24). The van der Waals surface area contributed by atoms with Crippen LogP contribution >= 0.6 is 0 Å². The highest BCUT2D eigenvalue weighted by Gasteiger charge is 2.38. The van der Waals surface area contributed by atoms with Crippen molar-refractivity contribution >= 4 is 22.8 Å². The molecule has 1 N–H and O–H groups in total. The summed E-state index contributed by atoms with van der Waals surface area (Å²) in [5.41, 5.74) is -1.08. The van der Waals surface area contributed by atoms with Crippen LogP contribution in [0.2, 0.25) is 0 Å². The van der Waals surface area contributed by atoms with Gasteiger partial charge in [0.05, 0.1) is 28.0 Å². The third-order valence-corrected chi connectivity index (χ3v) is 6.53. The van der Waals surface area contributed by atoms with Crippen molar-refractivity contribution in [2.75, 3.05) is 31.7 Å². The number of anilines is 1. The summed E-state index contributed by atoms with van der Waals surface area (Å²) >= 11 is 0. The van der Waals surface area contributed by atoms with Gasteiger partial charge in [-0.25, -0.2) is 8.51 Å². The number of nitriles is 1. The van der Waals surface area contributed by atoms with Gasteiger partial charge in [-0.3, -0.25) is 15.0 Å². The van der Waals surface area contributed by atoms with E-state index in [1.54, 1.807) is 26.2 Å². The Labute approximate surface area is 163 Å². The quantitative estimate of drug-likeness (QED) is 0.789. The van der Waals surface area contributed by atoms with Gasteiger partial charge in [-0.05, 0) is 47.6 Å². The second-order valence-electron chi connectivity index (χ2n) is 8.02. The summed E-state index contributed by atoms with van der Waals surface area (Å²) in [6, 6.07) is 3.98. The molecule has 9 heteroatoms. The van der Waals surface area contributed by atoms with Crippen molar-refractivity contribution in [2.24, 2.45) is 0 Å². The monoisotopic (exact) mass is 395 g/mol. The first-order valence-electron chi connectivity index (χ1n) is 9.00. The van der Waals surface area contributed by atoms with Gasteiger partial charge in [-0.1, -0.05) is 5.16 Å². The first kappa shape index (κ1) is 21.5. The summed E-state index contributed by atoms with van der Waals surface area (Å²) in [6.45, 7) is 8.72. The van der Waals surface area contributed by atoms with E-state index in [0.717, 1.165) is 25.9 Å². The summed E-state index contributed by atoms with van der Waals surface area (Å²) in [6.07, 6.45) is 3.41. The Hall–Kier alpha value is -1.76. The summed E-state index contributed by atoms with van der Waals surface area (Å²) in [5, 5.41) is 15.9. The van der Waals surface area contributed by atoms with Crippen molar-refractivity contribution in [1.29, 1.82) is 5.26 Å². The molecule has 1 saturated heterocycles. The van der Waals surface area contributed by atoms with Gasteiger partial charge in [0.1, 0.15) is 5.69 Å². The zero-order valence-electron chi connectivity index (χ0n) is 16.9. The van der Waals surface area contributed by atoms with Crippen molar-refractivity contribution in [2.45, 2.75) is 57.5 Å². The van der Waals surface area contributed by atoms with E-state index in [1.807, 2.05) is 25.2 Å². The predicted octanol–water partition coefficient (Wildman–Crippen LogP) is 1.88. The molecule has 27 heavy (non-hydrogen) atoms. The number of carbonyl (C=O) groups excluding carboxylic acids is 1. The van der Waals surface area contributed by atoms with E-state index in [0.29, 0.717) is 5.69 Å². The lowest BCUT2D eigenvalue weighted by Crippen LogP contribution is -2.57. The summed E-state index contributed by atoms with van der Waals surface area (Å²) in [5.74, 6) is 0.0277. The third kappa shape index (κ3) is 4.75. The molecule has 0 spiro atoms. The summed E-state index contributed by atoms with van der Waals surface area (Å²) in [4.78, 5) is 14.9. The zero-order valence-corrected chi connectivity index (χ0v) is 17.7. The van der Waals surface area contributed by atoms with Crippen LogP contribution in [-0.4, -0.2) is 62.5 Å². The molecule has 0 aliphatic carbocycles. The van der Waals surface area contributed by atoms with Crippen LogP contribution in [0.15, 0.2) is 10.6 Å². The summed E-state index contributed by atoms with van der Waals surface area (Å²) in [7, 11) is 0.989. The molecule has 1 aliphatic rings. The SMILES string of the molecule is CN(C1CCN(S(C)=O)CC1)C(C)(C)C(=O)Nc1cc(C(C)(C)C#N)no1. The lowest BCUT2D eigenvalue weighted by Gasteiger charge is -2.42. The molecule has 0 saturated carbocycles. The Morgan fingerprint density at radius 1 is 1.41 bits per heavy atom. The number of piperidine rings is 1. The van der Waals surface area contributed by atoms with Crippen molar-refractivity contribution in [1.82, 2.24) is 14.4 Å². The molecule has 2 rings (SSSR count). The molecule has 1 aromatic heterocycles. The lowest BCUT2D eigenvalue weighted by atomic mass is 9.91. The maximum atomic E-state index is 12.9. The van der Waals surface area contributed by atoms with Crippen LogP contribution in [0.1, 0.15) is 46.2 Å². The lowest BCUT2D eigenvalue weighted by molar-refractivity contribution is -0.127. The van der Waals surface area contributed by atoms with Crippen LogP contribution in [-0.2, 0) is 21.2 Å². The van der Waals surface area contributed by atoms with Crippen LogP contribution in [0.3, 0.4) is 0 Å². The van der Waals surface area contributed by atoms with Gasteiger partial charge in [-0.2, -0.15) is 5.26 Å². The minimum Gasteiger partial charge on any atom is -0.338 e. The fraction of sp³-hybridized carbons (Fsp3) is 0.722. The van der Waals surface area contributed by atoms with E-state index in [-0.39, 0.29) is 17.8 Å². The van der Waals surface area contributed by atoms with E-state index in [9.17, 15) is 14.3 Å². The second kappa shape index (κ2) is 8.09. The zero-order chi connectivity index (χ0) is 20.4. The van der Waals surface area contributed by atoms with Gasteiger partial charge in [0, 0.05) is 31.5 Å². The molecular formula is C18H29N5O3S. The van der Waals surface area contributed by atoms with E-state index >= 15 is 0 Å². The number of aromatic nitrogens is 1. The van der Waals surface area contributed by atoms with E-state index in [2.05, 4.69) is 21.4 Å². The highest BCUT2D eigenvalue weighted by molar-refractivity contribution is 7.81. The van der Waals surface area contributed by atoms with Crippen LogP contribution < -0.4 is 5.32 Å². The number of rotatable bonds is 6. The molecule has 1 aromatic rings. The van der Waals surface area contributed by atoms with Crippen molar-refractivity contribution in [3.63, 3.8) is 0 Å². The molecule has 2 heterocycles. The molecule has 0 aromatic carbocycles. The molecule has 0 bridgehead atoms. The van der Waals surface area contributed by atoms with Gasteiger partial charge in [0.25, 0.3) is 0 Å². The van der Waals surface area contributed by atoms with Crippen molar-refractivity contribution < 1.29 is 13.5 Å². The normalized spacial score (nSPS) is 18.3. The number of hydrogen-bond acceptors (Lipinski definition) is 6. The first-order chi connectivity index (χ1) is 12.5. The fourth-order valence-corrected chi connectivity index (χ4v) is 3.78. The molecule has 1 atom stereocenters. The van der Waals surface area contributed by atoms with Gasteiger partial charge in [-0.15, -0.1) is 0 Å². The van der Waals surface area contributed by atoms with Gasteiger partial charge in [0.15, 0.2) is 0 Å². The highest BCUT2D eigenvalue weighted by atomic mass is 32.2. The molecule has 0 radical (unpaired) electrons.